The van der Waals surface area contributed by atoms with E-state index in [2.05, 4.69) is 4.98 Å². The molecule has 0 saturated heterocycles. The molecule has 148 valence electrons. The Morgan fingerprint density at radius 1 is 1.21 bits per heavy atom. The van der Waals surface area contributed by atoms with Gasteiger partial charge in [-0.15, -0.1) is 0 Å². The van der Waals surface area contributed by atoms with E-state index >= 15 is 0 Å². The summed E-state index contributed by atoms with van der Waals surface area (Å²) in [5.41, 5.74) is 7.63. The second kappa shape index (κ2) is 7.12. The number of ether oxygens (including phenoxy) is 1. The molecule has 1 aliphatic rings. The highest BCUT2D eigenvalue weighted by Gasteiger charge is 2.44. The maximum absolute atomic E-state index is 13.6. The van der Waals surface area contributed by atoms with Crippen molar-refractivity contribution in [2.24, 2.45) is 5.73 Å². The number of aliphatic hydroxyl groups is 2. The van der Waals surface area contributed by atoms with Crippen LogP contribution in [-0.4, -0.2) is 38.1 Å². The number of aromatic nitrogens is 2. The van der Waals surface area contributed by atoms with Crippen molar-refractivity contribution < 1.29 is 23.7 Å². The number of aliphatic hydroxyl groups excluding tert-OH is 2. The lowest BCUT2D eigenvalue weighted by Crippen LogP contribution is -2.34. The maximum Gasteiger partial charge on any atom is 0.162 e. The van der Waals surface area contributed by atoms with Crippen LogP contribution in [0.3, 0.4) is 0 Å². The molecule has 6 nitrogen and oxygen atoms in total. The van der Waals surface area contributed by atoms with Gasteiger partial charge in [-0.2, -0.15) is 0 Å². The lowest BCUT2D eigenvalue weighted by Gasteiger charge is -2.20. The molecular formula is C20H21F2N3O3. The largest absolute Gasteiger partial charge is 0.487 e. The second-order valence-corrected chi connectivity index (χ2v) is 7.11. The summed E-state index contributed by atoms with van der Waals surface area (Å²) >= 11 is 0. The quantitative estimate of drug-likeness (QED) is 0.636. The van der Waals surface area contributed by atoms with E-state index in [9.17, 15) is 19.0 Å². The first kappa shape index (κ1) is 18.8. The molecule has 0 amide bonds. The highest BCUT2D eigenvalue weighted by molar-refractivity contribution is 5.79. The first-order valence-corrected chi connectivity index (χ1v) is 9.03. The Labute approximate surface area is 160 Å². The number of fused-ring (bicyclic) bond motifs is 1. The van der Waals surface area contributed by atoms with Crippen LogP contribution in [0, 0.1) is 18.6 Å². The molecule has 4 N–H and O–H groups in total. The van der Waals surface area contributed by atoms with Gasteiger partial charge in [0.05, 0.1) is 6.04 Å². The fraction of sp³-hybridized carbons (Fsp3) is 0.350. The molecule has 1 aliphatic carbocycles. The summed E-state index contributed by atoms with van der Waals surface area (Å²) in [6.07, 6.45) is 0.661. The van der Waals surface area contributed by atoms with E-state index in [0.29, 0.717) is 5.65 Å². The van der Waals surface area contributed by atoms with E-state index in [0.717, 1.165) is 23.1 Å². The third-order valence-electron chi connectivity index (χ3n) is 5.39. The van der Waals surface area contributed by atoms with Crippen molar-refractivity contribution in [3.63, 3.8) is 0 Å². The molecule has 0 radical (unpaired) electrons. The van der Waals surface area contributed by atoms with Crippen LogP contribution in [0.4, 0.5) is 8.78 Å². The smallest absolute Gasteiger partial charge is 0.162 e. The number of nitrogens with zero attached hydrogens (tertiary/aromatic N) is 2. The van der Waals surface area contributed by atoms with Crippen molar-refractivity contribution in [3.8, 4) is 5.75 Å². The number of hydrogen-bond acceptors (Lipinski definition) is 5. The van der Waals surface area contributed by atoms with Crippen LogP contribution < -0.4 is 10.5 Å². The lowest BCUT2D eigenvalue weighted by atomic mass is 10.1. The number of aryl methyl sites for hydroxylation is 1. The van der Waals surface area contributed by atoms with Gasteiger partial charge in [-0.1, -0.05) is 0 Å². The van der Waals surface area contributed by atoms with Gasteiger partial charge in [-0.25, -0.2) is 13.8 Å². The number of halogens is 2. The van der Waals surface area contributed by atoms with Crippen LogP contribution in [0.2, 0.25) is 0 Å². The van der Waals surface area contributed by atoms with Crippen LogP contribution in [0.5, 0.6) is 5.75 Å². The molecule has 3 aromatic rings. The number of rotatable bonds is 4. The van der Waals surface area contributed by atoms with E-state index in [-0.39, 0.29) is 24.3 Å². The summed E-state index contributed by atoms with van der Waals surface area (Å²) < 4.78 is 34.6. The molecule has 2 aromatic heterocycles. The summed E-state index contributed by atoms with van der Waals surface area (Å²) in [5.74, 6) is -2.02. The third-order valence-corrected chi connectivity index (χ3v) is 5.39. The lowest BCUT2D eigenvalue weighted by molar-refractivity contribution is -0.0166. The van der Waals surface area contributed by atoms with Crippen molar-refractivity contribution in [3.05, 3.63) is 59.4 Å². The highest BCUT2D eigenvalue weighted by Crippen LogP contribution is 2.37. The highest BCUT2D eigenvalue weighted by atomic mass is 19.2. The molecule has 4 atom stereocenters. The molecule has 0 bridgehead atoms. The van der Waals surface area contributed by atoms with Gasteiger partial charge in [-0.3, -0.25) is 0 Å². The van der Waals surface area contributed by atoms with Gasteiger partial charge in [0.1, 0.15) is 29.7 Å². The number of benzene rings is 1. The standard InChI is InChI=1S/C20H21F2N3O3/c1-10-2-4-24-20-12(10)3-5-25(20)15-8-17(19(27)18(15)26)28-16-7-14(22)13(21)6-11(16)9-23/h2-7,15,17-19,26-27H,8-9,23H2,1H3/t15-,17+,18+,19-/m1/s1. The van der Waals surface area contributed by atoms with Crippen LogP contribution in [-0.2, 0) is 6.54 Å². The minimum absolute atomic E-state index is 0.0488. The van der Waals surface area contributed by atoms with Crippen molar-refractivity contribution in [1.82, 2.24) is 9.55 Å². The first-order chi connectivity index (χ1) is 13.4. The summed E-state index contributed by atoms with van der Waals surface area (Å²) in [5, 5.41) is 22.0. The molecule has 8 heteroatoms. The predicted octanol–water partition coefficient (Wildman–Crippen LogP) is 2.20. The zero-order chi connectivity index (χ0) is 20.0. The Morgan fingerprint density at radius 2 is 1.96 bits per heavy atom. The second-order valence-electron chi connectivity index (χ2n) is 7.11. The van der Waals surface area contributed by atoms with E-state index in [1.54, 1.807) is 6.20 Å². The zero-order valence-electron chi connectivity index (χ0n) is 15.2. The minimum Gasteiger partial charge on any atom is -0.487 e. The fourth-order valence-corrected chi connectivity index (χ4v) is 3.82. The number of pyridine rings is 1. The van der Waals surface area contributed by atoms with E-state index in [1.165, 1.54) is 0 Å². The van der Waals surface area contributed by atoms with Crippen molar-refractivity contribution >= 4 is 11.0 Å². The van der Waals surface area contributed by atoms with E-state index in [4.69, 9.17) is 10.5 Å². The maximum atomic E-state index is 13.6. The molecule has 28 heavy (non-hydrogen) atoms. The molecule has 4 rings (SSSR count). The normalized spacial score (nSPS) is 24.8. The van der Waals surface area contributed by atoms with Gasteiger partial charge in [0.2, 0.25) is 0 Å². The Morgan fingerprint density at radius 3 is 2.71 bits per heavy atom. The topological polar surface area (TPSA) is 93.5 Å². The summed E-state index contributed by atoms with van der Waals surface area (Å²) in [6.45, 7) is 1.92. The SMILES string of the molecule is Cc1ccnc2c1ccn2[C@@H]1C[C@H](Oc2cc(F)c(F)cc2CN)[C@@H](O)[C@H]1O. The molecule has 2 heterocycles. The first-order valence-electron chi connectivity index (χ1n) is 9.03. The zero-order valence-corrected chi connectivity index (χ0v) is 15.2. The molecule has 0 unspecified atom stereocenters. The molecule has 0 spiro atoms. The van der Waals surface area contributed by atoms with Gasteiger partial charge < -0.3 is 25.3 Å². The van der Waals surface area contributed by atoms with Gasteiger partial charge in [0, 0.05) is 42.4 Å². The van der Waals surface area contributed by atoms with Crippen LogP contribution in [0.25, 0.3) is 11.0 Å². The van der Waals surface area contributed by atoms with Gasteiger partial charge in [0.15, 0.2) is 11.6 Å². The van der Waals surface area contributed by atoms with Crippen LogP contribution >= 0.6 is 0 Å². The van der Waals surface area contributed by atoms with E-state index in [1.807, 2.05) is 29.8 Å². The summed E-state index contributed by atoms with van der Waals surface area (Å²) in [7, 11) is 0. The average Bonchev–Trinajstić information content (AvgIpc) is 3.22. The number of nitrogens with two attached hydrogens (primary N) is 1. The monoisotopic (exact) mass is 389 g/mol. The Bertz CT molecular complexity index is 1020. The predicted molar refractivity (Wildman–Crippen MR) is 98.8 cm³/mol. The van der Waals surface area contributed by atoms with Gasteiger partial charge in [-0.05, 0) is 30.7 Å². The molecular weight excluding hydrogens is 368 g/mol. The Kier molecular flexibility index (Phi) is 4.78. The fourth-order valence-electron chi connectivity index (χ4n) is 3.82. The van der Waals surface area contributed by atoms with E-state index < -0.39 is 36.0 Å². The average molecular weight is 389 g/mol. The molecule has 1 aromatic carbocycles. The Balaban J connectivity index is 1.63. The number of hydrogen-bond donors (Lipinski definition) is 3. The molecule has 1 fully saturated rings. The van der Waals surface area contributed by atoms with Gasteiger partial charge >= 0.3 is 0 Å². The van der Waals surface area contributed by atoms with Crippen molar-refractivity contribution in [2.75, 3.05) is 0 Å². The molecule has 0 aliphatic heterocycles. The van der Waals surface area contributed by atoms with Crippen LogP contribution in [0.1, 0.15) is 23.6 Å². The molecule has 1 saturated carbocycles. The summed E-state index contributed by atoms with van der Waals surface area (Å²) in [6, 6.07) is 5.23. The third kappa shape index (κ3) is 3.03. The summed E-state index contributed by atoms with van der Waals surface area (Å²) in [4.78, 5) is 4.39. The minimum atomic E-state index is -1.20. The van der Waals surface area contributed by atoms with Crippen LogP contribution in [0.15, 0.2) is 36.7 Å². The van der Waals surface area contributed by atoms with Crippen molar-refractivity contribution in [2.45, 2.75) is 44.2 Å². The Hall–Kier alpha value is -2.55. The van der Waals surface area contributed by atoms with Gasteiger partial charge in [0.25, 0.3) is 0 Å². The van der Waals surface area contributed by atoms with Crippen molar-refractivity contribution in [1.29, 1.82) is 0 Å².